The van der Waals surface area contributed by atoms with Gasteiger partial charge in [0.25, 0.3) is 11.8 Å². The smallest absolute Gasteiger partial charge is 0.319 e. The number of hydrogen-bond donors (Lipinski definition) is 1. The molecule has 0 spiro atoms. The van der Waals surface area contributed by atoms with Crippen LogP contribution in [0.5, 0.6) is 17.4 Å². The largest absolute Gasteiger partial charge is 0.491 e. The summed E-state index contributed by atoms with van der Waals surface area (Å²) in [5, 5.41) is 4.01. The average Bonchev–Trinajstić information content (AvgIpc) is 3.70. The van der Waals surface area contributed by atoms with Crippen LogP contribution in [0, 0.1) is 11.8 Å². The number of amides is 3. The molecule has 4 aromatic heterocycles. The highest BCUT2D eigenvalue weighted by Gasteiger charge is 2.44. The Hall–Kier alpha value is -7.18. The van der Waals surface area contributed by atoms with E-state index in [0.717, 1.165) is 20.6 Å². The molecule has 3 aliphatic rings. The average molecular weight is 811 g/mol. The van der Waals surface area contributed by atoms with E-state index in [1.54, 1.807) is 48.9 Å². The van der Waals surface area contributed by atoms with Crippen LogP contribution in [0.25, 0.3) is 32.9 Å². The van der Waals surface area contributed by atoms with Gasteiger partial charge in [-0.1, -0.05) is 24.6 Å². The fraction of sp³-hybridized carbons (Fsp3) is 0.244. The van der Waals surface area contributed by atoms with Gasteiger partial charge in [-0.2, -0.15) is 8.78 Å². The van der Waals surface area contributed by atoms with Crippen molar-refractivity contribution in [3.05, 3.63) is 121 Å². The molecule has 6 aromatic rings. The van der Waals surface area contributed by atoms with Gasteiger partial charge in [-0.15, -0.1) is 0 Å². The van der Waals surface area contributed by atoms with E-state index in [1.807, 2.05) is 24.3 Å². The highest BCUT2D eigenvalue weighted by atomic mass is 19.3. The van der Waals surface area contributed by atoms with Crippen LogP contribution in [0.1, 0.15) is 58.6 Å². The Labute approximate surface area is 341 Å². The Balaban J connectivity index is 0.691. The molecule has 1 aliphatic carbocycles. The predicted molar refractivity (Wildman–Crippen MR) is 214 cm³/mol. The number of carbonyl (C=O) groups excluding carboxylic acids is 3. The van der Waals surface area contributed by atoms with Crippen LogP contribution in [0.15, 0.2) is 104 Å². The summed E-state index contributed by atoms with van der Waals surface area (Å²) in [5.41, 5.74) is 3.96. The summed E-state index contributed by atoms with van der Waals surface area (Å²) in [6.07, 6.45) is 8.50. The van der Waals surface area contributed by atoms with Gasteiger partial charge in [0.1, 0.15) is 48.7 Å². The summed E-state index contributed by atoms with van der Waals surface area (Å²) in [6.45, 7) is 1.62. The number of rotatable bonds is 12. The number of hydrogen-bond acceptors (Lipinski definition) is 10. The van der Waals surface area contributed by atoms with Crippen molar-refractivity contribution in [2.45, 2.75) is 50.5 Å². The zero-order chi connectivity index (χ0) is 41.3. The van der Waals surface area contributed by atoms with E-state index in [2.05, 4.69) is 38.7 Å². The maximum absolute atomic E-state index is 14.0. The van der Waals surface area contributed by atoms with Crippen LogP contribution in [0.2, 0.25) is 0 Å². The number of imide groups is 1. The number of fused-ring (bicyclic) bond motifs is 4. The van der Waals surface area contributed by atoms with Gasteiger partial charge in [0.05, 0.1) is 35.0 Å². The van der Waals surface area contributed by atoms with Crippen molar-refractivity contribution >= 4 is 39.5 Å². The number of alkyl halides is 2. The summed E-state index contributed by atoms with van der Waals surface area (Å²) in [7, 11) is 0. The molecule has 1 unspecified atom stereocenters. The van der Waals surface area contributed by atoms with Gasteiger partial charge in [-0.3, -0.25) is 28.8 Å². The van der Waals surface area contributed by atoms with Crippen molar-refractivity contribution in [3.8, 4) is 40.3 Å². The molecule has 1 N–H and O–H groups in total. The van der Waals surface area contributed by atoms with Gasteiger partial charge < -0.3 is 24.3 Å². The molecule has 2 fully saturated rings. The van der Waals surface area contributed by atoms with Crippen molar-refractivity contribution in [1.82, 2.24) is 29.7 Å². The Kier molecular flexibility index (Phi) is 10.4. The van der Waals surface area contributed by atoms with Crippen molar-refractivity contribution in [2.75, 3.05) is 19.8 Å². The molecule has 2 aromatic carbocycles. The summed E-state index contributed by atoms with van der Waals surface area (Å²) in [4.78, 5) is 52.4. The highest BCUT2D eigenvalue weighted by Crippen LogP contribution is 2.36. The molecule has 1 atom stereocenters. The Morgan fingerprint density at radius 1 is 0.817 bits per heavy atom. The minimum atomic E-state index is -2.69. The Morgan fingerprint density at radius 2 is 1.63 bits per heavy atom. The number of halogens is 2. The van der Waals surface area contributed by atoms with E-state index in [1.165, 1.54) is 18.3 Å². The third-order valence-electron chi connectivity index (χ3n) is 10.7. The standard InChI is InChI=1S/C45H36F2N6O7/c1-26-4-12-39(42(54)51-26)53-43(55)35-11-9-30(22-36(35)44(53)56)58-18-17-57-16-2-3-29-7-8-31(24-49-29)59-32-20-33(21-32)60-41-13-6-28(23-50-41)27-5-10-34-37-25-48-15-14-38(37)52(45(46)47)40(34)19-27/h5-11,13-15,19,22-25,32-33,39,45H,1,4,12,16-18,20-21H2,(H,51,54). The first-order valence-corrected chi connectivity index (χ1v) is 19.3. The fourth-order valence-corrected chi connectivity index (χ4v) is 7.59. The zero-order valence-electron chi connectivity index (χ0n) is 32.0. The first-order chi connectivity index (χ1) is 29.2. The maximum atomic E-state index is 14.0. The van der Waals surface area contributed by atoms with Crippen LogP contribution in [-0.4, -0.2) is 80.2 Å². The second-order valence-electron chi connectivity index (χ2n) is 14.5. The van der Waals surface area contributed by atoms with Gasteiger partial charge >= 0.3 is 6.55 Å². The molecule has 3 amide bonds. The van der Waals surface area contributed by atoms with Gasteiger partial charge in [-0.25, -0.2) is 9.97 Å². The second-order valence-corrected chi connectivity index (χ2v) is 14.5. The van der Waals surface area contributed by atoms with Gasteiger partial charge in [-0.05, 0) is 72.9 Å². The lowest BCUT2D eigenvalue weighted by Crippen LogP contribution is -2.51. The van der Waals surface area contributed by atoms with Gasteiger partial charge in [0.2, 0.25) is 11.8 Å². The highest BCUT2D eigenvalue weighted by molar-refractivity contribution is 6.23. The molecule has 15 heteroatoms. The quantitative estimate of drug-likeness (QED) is 0.0790. The summed E-state index contributed by atoms with van der Waals surface area (Å²) < 4.78 is 52.5. The van der Waals surface area contributed by atoms with Crippen LogP contribution in [0.4, 0.5) is 8.78 Å². The third kappa shape index (κ3) is 7.60. The maximum Gasteiger partial charge on any atom is 0.319 e. The summed E-state index contributed by atoms with van der Waals surface area (Å²) in [5.74, 6) is 5.93. The Morgan fingerprint density at radius 3 is 2.42 bits per heavy atom. The molecule has 0 bridgehead atoms. The number of carbonyl (C=O) groups is 3. The monoisotopic (exact) mass is 810 g/mol. The fourth-order valence-electron chi connectivity index (χ4n) is 7.59. The number of allylic oxidation sites excluding steroid dienone is 1. The number of nitrogens with one attached hydrogen (secondary N) is 1. The second kappa shape index (κ2) is 16.2. The molecule has 302 valence electrons. The van der Waals surface area contributed by atoms with Crippen molar-refractivity contribution in [3.63, 3.8) is 0 Å². The van der Waals surface area contributed by atoms with E-state index in [-0.39, 0.29) is 43.2 Å². The number of aromatic nitrogens is 4. The summed E-state index contributed by atoms with van der Waals surface area (Å²) in [6, 6.07) is 18.1. The molecule has 9 rings (SSSR count). The van der Waals surface area contributed by atoms with Crippen LogP contribution in [0.3, 0.4) is 0 Å². The molecule has 2 aliphatic heterocycles. The lowest BCUT2D eigenvalue weighted by molar-refractivity contribution is -0.125. The van der Waals surface area contributed by atoms with E-state index < -0.39 is 30.3 Å². The lowest BCUT2D eigenvalue weighted by Gasteiger charge is -2.34. The first-order valence-electron chi connectivity index (χ1n) is 19.3. The third-order valence-corrected chi connectivity index (χ3v) is 10.7. The SMILES string of the molecule is C=C1CCC(N2C(=O)c3ccc(OCCOCC#Cc4ccc(OC5CC(Oc6ccc(-c7ccc8c9cnccc9n(C(F)F)c8c7)cn6)C5)cn4)cc3C2=O)C(=O)N1. The molecular weight excluding hydrogens is 775 g/mol. The first kappa shape index (κ1) is 38.3. The normalized spacial score (nSPS) is 18.6. The topological polar surface area (TPSA) is 147 Å². The number of ether oxygens (including phenoxy) is 4. The minimum absolute atomic E-state index is 0.0346. The Bertz CT molecular complexity index is 2720. The predicted octanol–water partition coefficient (Wildman–Crippen LogP) is 6.87. The van der Waals surface area contributed by atoms with Crippen molar-refractivity contribution in [1.29, 1.82) is 0 Å². The van der Waals surface area contributed by atoms with Crippen molar-refractivity contribution < 1.29 is 42.1 Å². The van der Waals surface area contributed by atoms with Gasteiger partial charge in [0, 0.05) is 59.5 Å². The van der Waals surface area contributed by atoms with E-state index in [4.69, 9.17) is 18.9 Å². The molecule has 1 saturated heterocycles. The van der Waals surface area contributed by atoms with E-state index in [9.17, 15) is 23.2 Å². The number of nitrogens with zero attached hydrogens (tertiary/aromatic N) is 5. The lowest BCUT2D eigenvalue weighted by atomic mass is 9.92. The number of benzene rings is 2. The molecule has 0 radical (unpaired) electrons. The number of pyridine rings is 3. The zero-order valence-corrected chi connectivity index (χ0v) is 32.0. The molecular formula is C45H36F2N6O7. The number of piperidine rings is 1. The van der Waals surface area contributed by atoms with Crippen LogP contribution in [-0.2, 0) is 9.53 Å². The molecule has 13 nitrogen and oxygen atoms in total. The van der Waals surface area contributed by atoms with Crippen LogP contribution < -0.4 is 19.5 Å². The van der Waals surface area contributed by atoms with Crippen LogP contribution >= 0.6 is 0 Å². The molecule has 6 heterocycles. The molecule has 1 saturated carbocycles. The van der Waals surface area contributed by atoms with E-state index >= 15 is 0 Å². The minimum Gasteiger partial charge on any atom is -0.491 e. The molecule has 60 heavy (non-hydrogen) atoms. The van der Waals surface area contributed by atoms with Crippen molar-refractivity contribution in [2.24, 2.45) is 0 Å². The van der Waals surface area contributed by atoms with Gasteiger partial charge in [0.15, 0.2) is 0 Å². The summed E-state index contributed by atoms with van der Waals surface area (Å²) >= 11 is 0. The van der Waals surface area contributed by atoms with E-state index in [0.29, 0.717) is 76.3 Å².